The molecule has 1 aromatic carbocycles. The van der Waals surface area contributed by atoms with E-state index in [-0.39, 0.29) is 5.91 Å². The fourth-order valence-electron chi connectivity index (χ4n) is 4.32. The van der Waals surface area contributed by atoms with Crippen molar-refractivity contribution in [3.8, 4) is 11.4 Å². The third-order valence-electron chi connectivity index (χ3n) is 5.56. The molecule has 1 N–H and O–H groups in total. The summed E-state index contributed by atoms with van der Waals surface area (Å²) in [4.78, 5) is 12.4. The fraction of sp³-hybridized carbons (Fsp3) is 0.526. The molecule has 0 saturated heterocycles. The van der Waals surface area contributed by atoms with Gasteiger partial charge in [-0.1, -0.05) is 41.9 Å². The molecule has 2 saturated carbocycles. The molecule has 7 heteroatoms. The highest BCUT2D eigenvalue weighted by Gasteiger charge is 2.40. The van der Waals surface area contributed by atoms with Gasteiger partial charge in [0.15, 0.2) is 11.0 Å². The first-order chi connectivity index (χ1) is 12.7. The van der Waals surface area contributed by atoms with Crippen molar-refractivity contribution in [2.75, 3.05) is 5.75 Å². The van der Waals surface area contributed by atoms with Gasteiger partial charge in [-0.05, 0) is 50.2 Å². The molecule has 3 atom stereocenters. The van der Waals surface area contributed by atoms with E-state index in [9.17, 15) is 4.79 Å². The smallest absolute Gasteiger partial charge is 0.230 e. The summed E-state index contributed by atoms with van der Waals surface area (Å²) in [6.07, 6.45) is 5.07. The van der Waals surface area contributed by atoms with Crippen LogP contribution in [0.3, 0.4) is 0 Å². The van der Waals surface area contributed by atoms with Crippen LogP contribution >= 0.6 is 23.4 Å². The molecule has 26 heavy (non-hydrogen) atoms. The lowest BCUT2D eigenvalue weighted by Gasteiger charge is -2.22. The number of thioether (sulfide) groups is 1. The Morgan fingerprint density at radius 2 is 2.15 bits per heavy atom. The molecule has 0 unspecified atom stereocenters. The molecule has 0 aliphatic heterocycles. The van der Waals surface area contributed by atoms with Crippen LogP contribution in [0.1, 0.15) is 32.6 Å². The molecular formula is C19H23ClN4OS. The van der Waals surface area contributed by atoms with E-state index in [2.05, 4.69) is 15.5 Å². The van der Waals surface area contributed by atoms with Crippen LogP contribution in [-0.4, -0.2) is 32.5 Å². The number of hydrogen-bond donors (Lipinski definition) is 1. The van der Waals surface area contributed by atoms with E-state index in [4.69, 9.17) is 11.6 Å². The van der Waals surface area contributed by atoms with Crippen molar-refractivity contribution < 1.29 is 4.79 Å². The molecule has 2 fully saturated rings. The molecular weight excluding hydrogens is 368 g/mol. The van der Waals surface area contributed by atoms with E-state index in [0.29, 0.717) is 22.7 Å². The zero-order valence-corrected chi connectivity index (χ0v) is 16.4. The highest BCUT2D eigenvalue weighted by molar-refractivity contribution is 7.99. The first-order valence-electron chi connectivity index (χ1n) is 9.26. The van der Waals surface area contributed by atoms with Gasteiger partial charge < -0.3 is 9.88 Å². The summed E-state index contributed by atoms with van der Waals surface area (Å²) in [6, 6.07) is 8.00. The quantitative estimate of drug-likeness (QED) is 0.757. The Labute approximate surface area is 162 Å². The molecule has 2 aliphatic rings. The molecule has 0 radical (unpaired) electrons. The van der Waals surface area contributed by atoms with Crippen molar-refractivity contribution in [3.05, 3.63) is 29.3 Å². The average molecular weight is 391 g/mol. The maximum absolute atomic E-state index is 12.4. The van der Waals surface area contributed by atoms with Gasteiger partial charge in [0, 0.05) is 18.2 Å². The van der Waals surface area contributed by atoms with Gasteiger partial charge in [-0.2, -0.15) is 0 Å². The summed E-state index contributed by atoms with van der Waals surface area (Å²) < 4.78 is 2.01. The van der Waals surface area contributed by atoms with Crippen LogP contribution in [0.25, 0.3) is 11.4 Å². The van der Waals surface area contributed by atoms with Crippen LogP contribution in [0.4, 0.5) is 0 Å². The number of aromatic nitrogens is 3. The number of halogens is 1. The molecule has 2 aromatic rings. The van der Waals surface area contributed by atoms with E-state index >= 15 is 0 Å². The zero-order valence-electron chi connectivity index (χ0n) is 14.8. The SMILES string of the molecule is CCn1c(SCC(=O)N[C@H]2C[C@H]3CC[C@@H]2C3)nnc1-c1ccccc1Cl. The van der Waals surface area contributed by atoms with Gasteiger partial charge in [0.25, 0.3) is 0 Å². The van der Waals surface area contributed by atoms with Crippen molar-refractivity contribution in [3.63, 3.8) is 0 Å². The van der Waals surface area contributed by atoms with E-state index < -0.39 is 0 Å². The van der Waals surface area contributed by atoms with Crippen molar-refractivity contribution in [1.82, 2.24) is 20.1 Å². The maximum Gasteiger partial charge on any atom is 0.230 e. The maximum atomic E-state index is 12.4. The lowest BCUT2D eigenvalue weighted by molar-refractivity contribution is -0.119. The van der Waals surface area contributed by atoms with Gasteiger partial charge in [0.1, 0.15) is 0 Å². The second-order valence-corrected chi connectivity index (χ2v) is 8.52. The number of fused-ring (bicyclic) bond motifs is 2. The van der Waals surface area contributed by atoms with Gasteiger partial charge in [0.05, 0.1) is 10.8 Å². The van der Waals surface area contributed by atoms with Gasteiger partial charge in [-0.25, -0.2) is 0 Å². The van der Waals surface area contributed by atoms with Crippen LogP contribution in [-0.2, 0) is 11.3 Å². The van der Waals surface area contributed by atoms with E-state index in [1.54, 1.807) is 0 Å². The number of rotatable bonds is 6. The van der Waals surface area contributed by atoms with E-state index in [1.165, 1.54) is 31.0 Å². The Kier molecular flexibility index (Phi) is 5.23. The van der Waals surface area contributed by atoms with Gasteiger partial charge >= 0.3 is 0 Å². The van der Waals surface area contributed by atoms with Gasteiger partial charge in [-0.15, -0.1) is 10.2 Å². The van der Waals surface area contributed by atoms with E-state index in [0.717, 1.165) is 35.4 Å². The van der Waals surface area contributed by atoms with E-state index in [1.807, 2.05) is 35.8 Å². The monoisotopic (exact) mass is 390 g/mol. The Morgan fingerprint density at radius 1 is 1.31 bits per heavy atom. The standard InChI is InChI=1S/C19H23ClN4OS/c1-2-24-18(14-5-3-4-6-15(14)20)22-23-19(24)26-11-17(25)21-16-10-12-7-8-13(16)9-12/h3-6,12-13,16H,2,7-11H2,1H3,(H,21,25)/t12-,13+,16-/m0/s1. The van der Waals surface area contributed by atoms with Crippen LogP contribution in [0, 0.1) is 11.8 Å². The fourth-order valence-corrected chi connectivity index (χ4v) is 5.36. The molecule has 2 aliphatic carbocycles. The largest absolute Gasteiger partial charge is 0.352 e. The summed E-state index contributed by atoms with van der Waals surface area (Å²) in [5, 5.41) is 13.2. The average Bonchev–Trinajstić information content (AvgIpc) is 3.35. The topological polar surface area (TPSA) is 59.8 Å². The minimum absolute atomic E-state index is 0.0949. The van der Waals surface area contributed by atoms with Crippen molar-refractivity contribution in [1.29, 1.82) is 0 Å². The first kappa shape index (κ1) is 17.9. The highest BCUT2D eigenvalue weighted by atomic mass is 35.5. The Bertz CT molecular complexity index is 809. The van der Waals surface area contributed by atoms with Crippen LogP contribution in [0.5, 0.6) is 0 Å². The Balaban J connectivity index is 1.41. The molecule has 0 spiro atoms. The summed E-state index contributed by atoms with van der Waals surface area (Å²) in [6.45, 7) is 2.77. The van der Waals surface area contributed by atoms with Gasteiger partial charge in [-0.3, -0.25) is 4.79 Å². The van der Waals surface area contributed by atoms with Crippen molar-refractivity contribution >= 4 is 29.3 Å². The van der Waals surface area contributed by atoms with Crippen LogP contribution < -0.4 is 5.32 Å². The minimum atomic E-state index is 0.0949. The summed E-state index contributed by atoms with van der Waals surface area (Å²) >= 11 is 7.74. The zero-order chi connectivity index (χ0) is 18.1. The van der Waals surface area contributed by atoms with Crippen molar-refractivity contribution in [2.45, 2.75) is 50.4 Å². The Morgan fingerprint density at radius 3 is 2.85 bits per heavy atom. The molecule has 1 aromatic heterocycles. The number of carbonyl (C=O) groups is 1. The summed E-state index contributed by atoms with van der Waals surface area (Å²) in [5.41, 5.74) is 0.863. The molecule has 1 heterocycles. The van der Waals surface area contributed by atoms with Crippen molar-refractivity contribution in [2.24, 2.45) is 11.8 Å². The summed E-state index contributed by atoms with van der Waals surface area (Å²) in [5.74, 6) is 2.74. The predicted molar refractivity (Wildman–Crippen MR) is 104 cm³/mol. The second-order valence-electron chi connectivity index (χ2n) is 7.17. The lowest BCUT2D eigenvalue weighted by Crippen LogP contribution is -2.39. The number of nitrogens with one attached hydrogen (secondary N) is 1. The van der Waals surface area contributed by atoms with Gasteiger partial charge in [0.2, 0.25) is 5.91 Å². The molecule has 2 bridgehead atoms. The third-order valence-corrected chi connectivity index (χ3v) is 6.86. The highest BCUT2D eigenvalue weighted by Crippen LogP contribution is 2.44. The number of benzene rings is 1. The van der Waals surface area contributed by atoms with Crippen LogP contribution in [0.2, 0.25) is 5.02 Å². The molecule has 138 valence electrons. The number of amides is 1. The Hall–Kier alpha value is -1.53. The molecule has 1 amide bonds. The van der Waals surface area contributed by atoms with Crippen LogP contribution in [0.15, 0.2) is 29.4 Å². The number of carbonyl (C=O) groups excluding carboxylic acids is 1. The lowest BCUT2D eigenvalue weighted by atomic mass is 9.95. The molecule has 4 rings (SSSR count). The first-order valence-corrected chi connectivity index (χ1v) is 10.6. The minimum Gasteiger partial charge on any atom is -0.352 e. The normalized spacial score (nSPS) is 24.2. The molecule has 5 nitrogen and oxygen atoms in total. The number of nitrogens with zero attached hydrogens (tertiary/aromatic N) is 3. The summed E-state index contributed by atoms with van der Waals surface area (Å²) in [7, 11) is 0. The number of hydrogen-bond acceptors (Lipinski definition) is 4. The second kappa shape index (κ2) is 7.61. The predicted octanol–water partition coefficient (Wildman–Crippen LogP) is 4.02. The third kappa shape index (κ3) is 3.49.